The van der Waals surface area contributed by atoms with Crippen molar-refractivity contribution in [3.8, 4) is 0 Å². The van der Waals surface area contributed by atoms with Crippen LogP contribution in [0.4, 0.5) is 20.3 Å². The fourth-order valence-corrected chi connectivity index (χ4v) is 8.02. The van der Waals surface area contributed by atoms with Gasteiger partial charge in [0.05, 0.1) is 32.0 Å². The van der Waals surface area contributed by atoms with Crippen LogP contribution in [0.3, 0.4) is 0 Å². The summed E-state index contributed by atoms with van der Waals surface area (Å²) in [4.78, 5) is 30.1. The summed E-state index contributed by atoms with van der Waals surface area (Å²) in [6.45, 7) is 11.6. The van der Waals surface area contributed by atoms with E-state index >= 15 is 0 Å². The number of carbonyl (C=O) groups excluding carboxylic acids is 1. The average Bonchev–Trinajstić information content (AvgIpc) is 3.11. The highest BCUT2D eigenvalue weighted by Gasteiger charge is 2.53. The maximum atomic E-state index is 14.5. The number of anilines is 2. The molecule has 1 spiro atoms. The lowest BCUT2D eigenvalue weighted by molar-refractivity contribution is -0.128. The Morgan fingerprint density at radius 3 is 2.77 bits per heavy atom. The number of amides is 1. The van der Waals surface area contributed by atoms with Crippen LogP contribution >= 0.6 is 0 Å². The van der Waals surface area contributed by atoms with Crippen LogP contribution in [-0.4, -0.2) is 104 Å². The molecule has 43 heavy (non-hydrogen) atoms. The Morgan fingerprint density at radius 2 is 2.05 bits per heavy atom. The van der Waals surface area contributed by atoms with E-state index in [-0.39, 0.29) is 23.6 Å². The number of ether oxygens (including phenoxy) is 2. The molecule has 0 N–H and O–H groups in total. The minimum atomic E-state index is -2.64. The third-order valence-electron chi connectivity index (χ3n) is 10.2. The molecule has 0 aromatic carbocycles. The molecule has 5 aliphatic heterocycles. The van der Waals surface area contributed by atoms with Crippen LogP contribution in [0.5, 0.6) is 0 Å². The maximum absolute atomic E-state index is 14.5. The Kier molecular flexibility index (Phi) is 7.38. The third-order valence-corrected chi connectivity index (χ3v) is 10.2. The minimum Gasteiger partial charge on any atom is -0.384 e. The molecule has 2 aromatic heterocycles. The van der Waals surface area contributed by atoms with Gasteiger partial charge in [0.1, 0.15) is 17.1 Å². The molecule has 230 valence electrons. The molecule has 1 unspecified atom stereocenters. The first-order valence-corrected chi connectivity index (χ1v) is 15.4. The van der Waals surface area contributed by atoms with Crippen LogP contribution < -0.4 is 9.80 Å². The number of halogens is 2. The molecule has 11 heteroatoms. The third kappa shape index (κ3) is 4.71. The first kappa shape index (κ1) is 28.6. The van der Waals surface area contributed by atoms with Gasteiger partial charge in [0.15, 0.2) is 0 Å². The van der Waals surface area contributed by atoms with Gasteiger partial charge in [-0.1, -0.05) is 6.58 Å². The number of nitrogens with zero attached hydrogens (tertiary/aromatic N) is 6. The van der Waals surface area contributed by atoms with Gasteiger partial charge in [-0.3, -0.25) is 14.7 Å². The van der Waals surface area contributed by atoms with Crippen LogP contribution in [0.1, 0.15) is 53.3 Å². The zero-order chi connectivity index (χ0) is 29.9. The summed E-state index contributed by atoms with van der Waals surface area (Å²) in [6.07, 6.45) is 3.00. The van der Waals surface area contributed by atoms with Crippen molar-refractivity contribution >= 4 is 17.4 Å². The molecule has 1 amide bonds. The van der Waals surface area contributed by atoms with Gasteiger partial charge in [0.2, 0.25) is 5.91 Å². The Balaban J connectivity index is 1.13. The minimum absolute atomic E-state index is 0.0195. The summed E-state index contributed by atoms with van der Waals surface area (Å²) >= 11 is 0. The monoisotopic (exact) mass is 594 g/mol. The molecule has 5 aliphatic rings. The number of methoxy groups -OCH3 is 1. The van der Waals surface area contributed by atoms with Crippen molar-refractivity contribution in [3.05, 3.63) is 59.1 Å². The Bertz CT molecular complexity index is 1410. The number of aryl methyl sites for hydroxylation is 1. The first-order chi connectivity index (χ1) is 20.8. The molecule has 7 rings (SSSR count). The molecular formula is C32H40F2N6O3. The molecule has 0 radical (unpaired) electrons. The number of hydrogen-bond acceptors (Lipinski definition) is 8. The van der Waals surface area contributed by atoms with Gasteiger partial charge >= 0.3 is 0 Å². The SMILES string of the molecule is C=CC(=O)N1CCN([C@@H]2CN3c4cc(N5CC6(C5)OCC(COC)c5nccc(C)c56)nc(C(F)F)c4CCC[C@H]23)CC1. The normalized spacial score (nSPS) is 26.3. The number of aromatic nitrogens is 2. The van der Waals surface area contributed by atoms with Gasteiger partial charge in [-0.25, -0.2) is 13.8 Å². The van der Waals surface area contributed by atoms with E-state index in [1.807, 2.05) is 23.2 Å². The largest absolute Gasteiger partial charge is 0.384 e. The highest BCUT2D eigenvalue weighted by molar-refractivity contribution is 5.87. The van der Waals surface area contributed by atoms with Crippen LogP contribution in [-0.2, 0) is 26.3 Å². The van der Waals surface area contributed by atoms with Gasteiger partial charge in [0, 0.05) is 86.9 Å². The van der Waals surface area contributed by atoms with E-state index in [0.29, 0.717) is 63.2 Å². The topological polar surface area (TPSA) is 74.3 Å². The molecular weight excluding hydrogens is 554 g/mol. The predicted octanol–water partition coefficient (Wildman–Crippen LogP) is 3.42. The van der Waals surface area contributed by atoms with Gasteiger partial charge in [0.25, 0.3) is 6.43 Å². The van der Waals surface area contributed by atoms with Crippen LogP contribution in [0, 0.1) is 6.92 Å². The van der Waals surface area contributed by atoms with Gasteiger partial charge in [-0.2, -0.15) is 0 Å². The smallest absolute Gasteiger partial charge is 0.280 e. The molecule has 0 bridgehead atoms. The van der Waals surface area contributed by atoms with Crippen molar-refractivity contribution in [1.82, 2.24) is 19.8 Å². The Hall–Kier alpha value is -3.15. The number of pyridine rings is 2. The van der Waals surface area contributed by atoms with E-state index in [1.165, 1.54) is 6.08 Å². The predicted molar refractivity (Wildman–Crippen MR) is 159 cm³/mol. The van der Waals surface area contributed by atoms with Gasteiger partial charge in [-0.15, -0.1) is 0 Å². The first-order valence-electron chi connectivity index (χ1n) is 15.4. The van der Waals surface area contributed by atoms with Crippen molar-refractivity contribution < 1.29 is 23.0 Å². The fourth-order valence-electron chi connectivity index (χ4n) is 8.02. The maximum Gasteiger partial charge on any atom is 0.280 e. The lowest BCUT2D eigenvalue weighted by Gasteiger charge is -2.56. The lowest BCUT2D eigenvalue weighted by atomic mass is 9.77. The zero-order valence-electron chi connectivity index (χ0n) is 25.0. The van der Waals surface area contributed by atoms with Crippen molar-refractivity contribution in [2.24, 2.45) is 0 Å². The molecule has 3 atom stereocenters. The second-order valence-corrected chi connectivity index (χ2v) is 12.6. The number of carbonyl (C=O) groups is 1. The zero-order valence-corrected chi connectivity index (χ0v) is 25.0. The number of piperazine rings is 1. The number of fused-ring (bicyclic) bond motifs is 5. The van der Waals surface area contributed by atoms with Crippen molar-refractivity contribution in [3.63, 3.8) is 0 Å². The average molecular weight is 595 g/mol. The summed E-state index contributed by atoms with van der Waals surface area (Å²) in [5.74, 6) is 0.636. The van der Waals surface area contributed by atoms with E-state index in [2.05, 4.69) is 33.2 Å². The van der Waals surface area contributed by atoms with Crippen LogP contribution in [0.15, 0.2) is 31.0 Å². The number of rotatable bonds is 6. The Morgan fingerprint density at radius 1 is 1.26 bits per heavy atom. The summed E-state index contributed by atoms with van der Waals surface area (Å²) < 4.78 is 41.0. The molecule has 2 aromatic rings. The quantitative estimate of drug-likeness (QED) is 0.472. The van der Waals surface area contributed by atoms with Crippen molar-refractivity contribution in [2.45, 2.75) is 56.2 Å². The summed E-state index contributed by atoms with van der Waals surface area (Å²) in [5, 5.41) is 0. The Labute approximate surface area is 251 Å². The standard InChI is InChI=1S/C32H40F2N6O3/c1-4-27(41)38-12-10-37(11-13-38)25-15-40-23(25)7-5-6-22-24(40)14-26(36-30(22)31(33)34)39-18-32(19-39)28-20(2)8-9-35-29(28)21(16-42-3)17-43-32/h4,8-9,14,21,23,25,31H,1,5-7,10-13,15-19H2,2-3H3/t21?,23-,25-/m1/s1. The molecule has 3 fully saturated rings. The lowest BCUT2D eigenvalue weighted by Crippen LogP contribution is -2.69. The number of alkyl halides is 2. The van der Waals surface area contributed by atoms with Crippen molar-refractivity contribution in [1.29, 1.82) is 0 Å². The molecule has 0 saturated carbocycles. The van der Waals surface area contributed by atoms with Crippen LogP contribution in [0.25, 0.3) is 0 Å². The number of hydrogen-bond donors (Lipinski definition) is 0. The summed E-state index contributed by atoms with van der Waals surface area (Å²) in [6, 6.07) is 4.67. The molecule has 9 nitrogen and oxygen atoms in total. The van der Waals surface area contributed by atoms with Gasteiger partial charge in [-0.05, 0) is 43.9 Å². The summed E-state index contributed by atoms with van der Waals surface area (Å²) in [7, 11) is 1.69. The van der Waals surface area contributed by atoms with E-state index < -0.39 is 12.0 Å². The molecule has 7 heterocycles. The van der Waals surface area contributed by atoms with Crippen LogP contribution in [0.2, 0.25) is 0 Å². The van der Waals surface area contributed by atoms with E-state index in [0.717, 1.165) is 55.0 Å². The second kappa shape index (κ2) is 11.1. The molecule has 0 aliphatic carbocycles. The second-order valence-electron chi connectivity index (χ2n) is 12.6. The van der Waals surface area contributed by atoms with Gasteiger partial charge < -0.3 is 24.2 Å². The van der Waals surface area contributed by atoms with Crippen molar-refractivity contribution in [2.75, 3.05) is 75.9 Å². The van der Waals surface area contributed by atoms with E-state index in [4.69, 9.17) is 14.5 Å². The molecule has 3 saturated heterocycles. The fraction of sp³-hybridized carbons (Fsp3) is 0.594. The van der Waals surface area contributed by atoms with E-state index in [9.17, 15) is 13.6 Å². The van der Waals surface area contributed by atoms with E-state index in [1.54, 1.807) is 7.11 Å². The highest BCUT2D eigenvalue weighted by atomic mass is 19.3. The highest BCUT2D eigenvalue weighted by Crippen LogP contribution is 2.48. The summed E-state index contributed by atoms with van der Waals surface area (Å²) in [5.41, 5.74) is 4.22.